The maximum atomic E-state index is 13.2. The van der Waals surface area contributed by atoms with Crippen molar-refractivity contribution in [2.45, 2.75) is 11.8 Å². The van der Waals surface area contributed by atoms with Crippen LogP contribution in [-0.4, -0.2) is 22.1 Å². The molecule has 0 aliphatic carbocycles. The smallest absolute Gasteiger partial charge is 0.264 e. The van der Waals surface area contributed by atoms with Gasteiger partial charge in [-0.1, -0.05) is 42.0 Å². The van der Waals surface area contributed by atoms with Gasteiger partial charge in [-0.2, -0.15) is 8.75 Å². The minimum atomic E-state index is -3.86. The van der Waals surface area contributed by atoms with Gasteiger partial charge in [-0.25, -0.2) is 13.4 Å². The molecule has 148 valence electrons. The van der Waals surface area contributed by atoms with Gasteiger partial charge in [0.05, 0.1) is 28.6 Å². The van der Waals surface area contributed by atoms with Gasteiger partial charge >= 0.3 is 0 Å². The van der Waals surface area contributed by atoms with E-state index in [1.165, 1.54) is 6.07 Å². The Bertz CT molecular complexity index is 1510. The summed E-state index contributed by atoms with van der Waals surface area (Å²) in [6.45, 7) is 2.04. The minimum absolute atomic E-state index is 0.102. The highest BCUT2D eigenvalue weighted by molar-refractivity contribution is 7.93. The average Bonchev–Trinajstić information content (AvgIpc) is 3.22. The molecule has 6 nitrogen and oxygen atoms in total. The summed E-state index contributed by atoms with van der Waals surface area (Å²) in [5, 5.41) is 1.04. The molecule has 3 aromatic carbocycles. The zero-order chi connectivity index (χ0) is 20.7. The second-order valence-electron chi connectivity index (χ2n) is 6.93. The Morgan fingerprint density at radius 3 is 2.63 bits per heavy atom. The average molecular weight is 433 g/mol. The second kappa shape index (κ2) is 7.16. The largest absolute Gasteiger partial charge is 0.279 e. The number of aromatic nitrogens is 3. The molecule has 8 heteroatoms. The fraction of sp³-hybridized carbons (Fsp3) is 0.0455. The standard InChI is InChI=1S/C22H16N4O2S2/c1-14-9-11-17-15(13-14)10-12-18(23-17)16-5-2-3-6-19(16)26-30(27,28)21-8-4-7-20-22(21)25-29-24-20/h2-13,26H,1H3. The fourth-order valence-electron chi connectivity index (χ4n) is 3.39. The van der Waals surface area contributed by atoms with E-state index in [1.54, 1.807) is 24.3 Å². The number of benzene rings is 3. The van der Waals surface area contributed by atoms with Crippen molar-refractivity contribution in [1.29, 1.82) is 0 Å². The van der Waals surface area contributed by atoms with Gasteiger partial charge < -0.3 is 0 Å². The molecular formula is C22H16N4O2S2. The molecule has 0 aliphatic heterocycles. The van der Waals surface area contributed by atoms with Gasteiger partial charge in [0.2, 0.25) is 0 Å². The van der Waals surface area contributed by atoms with Crippen LogP contribution in [0.2, 0.25) is 0 Å². The lowest BCUT2D eigenvalue weighted by Crippen LogP contribution is -2.14. The summed E-state index contributed by atoms with van der Waals surface area (Å²) in [6.07, 6.45) is 0. The molecule has 2 aromatic heterocycles. The van der Waals surface area contributed by atoms with Crippen molar-refractivity contribution in [3.63, 3.8) is 0 Å². The van der Waals surface area contributed by atoms with Gasteiger partial charge in [-0.15, -0.1) is 0 Å². The zero-order valence-electron chi connectivity index (χ0n) is 15.9. The number of sulfonamides is 1. The maximum absolute atomic E-state index is 13.2. The minimum Gasteiger partial charge on any atom is -0.279 e. The van der Waals surface area contributed by atoms with E-state index in [0.29, 0.717) is 28.0 Å². The van der Waals surface area contributed by atoms with Crippen LogP contribution < -0.4 is 4.72 Å². The van der Waals surface area contributed by atoms with Crippen molar-refractivity contribution in [1.82, 2.24) is 13.7 Å². The molecule has 0 unspecified atom stereocenters. The first-order valence-electron chi connectivity index (χ1n) is 9.22. The summed E-state index contributed by atoms with van der Waals surface area (Å²) in [5.41, 5.74) is 4.79. The Kier molecular flexibility index (Phi) is 4.45. The van der Waals surface area contributed by atoms with Crippen LogP contribution in [0, 0.1) is 6.92 Å². The number of hydrogen-bond donors (Lipinski definition) is 1. The Morgan fingerprint density at radius 2 is 1.73 bits per heavy atom. The number of nitrogens with one attached hydrogen (secondary N) is 1. The van der Waals surface area contributed by atoms with Crippen LogP contribution in [0.4, 0.5) is 5.69 Å². The Hall–Kier alpha value is -3.36. The number of fused-ring (bicyclic) bond motifs is 2. The van der Waals surface area contributed by atoms with Crippen LogP contribution in [0.25, 0.3) is 33.2 Å². The summed E-state index contributed by atoms with van der Waals surface area (Å²) in [4.78, 5) is 4.84. The normalized spacial score (nSPS) is 11.8. The first kappa shape index (κ1) is 18.7. The molecule has 30 heavy (non-hydrogen) atoms. The van der Waals surface area contributed by atoms with E-state index in [0.717, 1.165) is 28.2 Å². The van der Waals surface area contributed by atoms with Crippen molar-refractivity contribution in [2.75, 3.05) is 4.72 Å². The third-order valence-corrected chi connectivity index (χ3v) is 6.77. The molecule has 0 fully saturated rings. The first-order chi connectivity index (χ1) is 14.5. The summed E-state index contributed by atoms with van der Waals surface area (Å²) in [6, 6.07) is 22.1. The van der Waals surface area contributed by atoms with E-state index in [-0.39, 0.29) is 4.90 Å². The molecule has 0 aliphatic rings. The molecule has 2 heterocycles. The van der Waals surface area contributed by atoms with Gasteiger partial charge in [0.25, 0.3) is 10.0 Å². The molecule has 1 N–H and O–H groups in total. The molecule has 5 aromatic rings. The predicted octanol–water partition coefficient (Wildman–Crippen LogP) is 5.02. The number of nitrogens with zero attached hydrogens (tertiary/aromatic N) is 3. The van der Waals surface area contributed by atoms with Crippen molar-refractivity contribution >= 4 is 49.4 Å². The molecule has 0 radical (unpaired) electrons. The van der Waals surface area contributed by atoms with E-state index in [9.17, 15) is 8.42 Å². The highest BCUT2D eigenvalue weighted by Crippen LogP contribution is 2.31. The quantitative estimate of drug-likeness (QED) is 0.431. The Morgan fingerprint density at radius 1 is 0.867 bits per heavy atom. The van der Waals surface area contributed by atoms with E-state index < -0.39 is 10.0 Å². The second-order valence-corrected chi connectivity index (χ2v) is 9.11. The highest BCUT2D eigenvalue weighted by Gasteiger charge is 2.21. The monoisotopic (exact) mass is 432 g/mol. The molecule has 0 saturated heterocycles. The number of hydrogen-bond acceptors (Lipinski definition) is 6. The van der Waals surface area contributed by atoms with Crippen LogP contribution >= 0.6 is 11.7 Å². The SMILES string of the molecule is Cc1ccc2nc(-c3ccccc3NS(=O)(=O)c3cccc4nsnc34)ccc2c1. The van der Waals surface area contributed by atoms with Gasteiger partial charge in [0.15, 0.2) is 0 Å². The van der Waals surface area contributed by atoms with Crippen molar-refractivity contribution in [3.05, 3.63) is 78.4 Å². The van der Waals surface area contributed by atoms with E-state index in [4.69, 9.17) is 4.98 Å². The summed E-state index contributed by atoms with van der Waals surface area (Å²) in [7, 11) is -3.86. The lowest BCUT2D eigenvalue weighted by molar-refractivity contribution is 0.602. The molecule has 0 saturated carbocycles. The molecule has 0 amide bonds. The third-order valence-electron chi connectivity index (χ3n) is 4.83. The van der Waals surface area contributed by atoms with Crippen molar-refractivity contribution < 1.29 is 8.42 Å². The van der Waals surface area contributed by atoms with Gasteiger partial charge in [-0.3, -0.25) is 4.72 Å². The molecule has 0 spiro atoms. The van der Waals surface area contributed by atoms with Crippen LogP contribution in [0.1, 0.15) is 5.56 Å². The topological polar surface area (TPSA) is 84.8 Å². The summed E-state index contributed by atoms with van der Waals surface area (Å²) in [5.74, 6) is 0. The molecule has 0 bridgehead atoms. The summed E-state index contributed by atoms with van der Waals surface area (Å²) >= 11 is 0.989. The highest BCUT2D eigenvalue weighted by atomic mass is 32.2. The number of pyridine rings is 1. The first-order valence-corrected chi connectivity index (χ1v) is 11.4. The zero-order valence-corrected chi connectivity index (χ0v) is 17.5. The van der Waals surface area contributed by atoms with Gasteiger partial charge in [0, 0.05) is 10.9 Å². The van der Waals surface area contributed by atoms with Crippen LogP contribution in [0.3, 0.4) is 0 Å². The maximum Gasteiger partial charge on any atom is 0.264 e. The number of para-hydroxylation sites is 1. The van der Waals surface area contributed by atoms with Gasteiger partial charge in [-0.05, 0) is 43.3 Å². The summed E-state index contributed by atoms with van der Waals surface area (Å²) < 4.78 is 37.3. The molecule has 0 atom stereocenters. The van der Waals surface area contributed by atoms with Crippen LogP contribution in [-0.2, 0) is 10.0 Å². The number of anilines is 1. The van der Waals surface area contributed by atoms with E-state index in [1.807, 2.05) is 43.3 Å². The van der Waals surface area contributed by atoms with Crippen LogP contribution in [0.15, 0.2) is 77.7 Å². The van der Waals surface area contributed by atoms with Crippen molar-refractivity contribution in [2.24, 2.45) is 0 Å². The Labute approximate surface area is 177 Å². The van der Waals surface area contributed by atoms with Gasteiger partial charge in [0.1, 0.15) is 15.9 Å². The fourth-order valence-corrected chi connectivity index (χ4v) is 5.24. The number of aryl methyl sites for hydroxylation is 1. The lowest BCUT2D eigenvalue weighted by Gasteiger charge is -2.13. The van der Waals surface area contributed by atoms with Crippen LogP contribution in [0.5, 0.6) is 0 Å². The third kappa shape index (κ3) is 3.30. The van der Waals surface area contributed by atoms with E-state index >= 15 is 0 Å². The Balaban J connectivity index is 1.59. The van der Waals surface area contributed by atoms with Crippen molar-refractivity contribution in [3.8, 4) is 11.3 Å². The number of rotatable bonds is 4. The molecule has 5 rings (SSSR count). The predicted molar refractivity (Wildman–Crippen MR) is 120 cm³/mol. The molecular weight excluding hydrogens is 416 g/mol. The van der Waals surface area contributed by atoms with E-state index in [2.05, 4.69) is 19.5 Å². The lowest BCUT2D eigenvalue weighted by atomic mass is 10.1.